The molecule has 0 aromatic heterocycles. The average Bonchev–Trinajstić information content (AvgIpc) is 3.16. The molecule has 30 heavy (non-hydrogen) atoms. The molecular weight excluding hydrogens is 370 g/mol. The Morgan fingerprint density at radius 1 is 1.07 bits per heavy atom. The summed E-state index contributed by atoms with van der Waals surface area (Å²) in [5, 5.41) is 14.1. The topological polar surface area (TPSA) is 41.5 Å². The summed E-state index contributed by atoms with van der Waals surface area (Å²) in [6.07, 6.45) is 13.8. The highest BCUT2D eigenvalue weighted by Gasteiger charge is 2.68. The molecule has 2 heterocycles. The minimum atomic E-state index is -0.100. The van der Waals surface area contributed by atoms with Crippen LogP contribution in [0.15, 0.2) is 11.6 Å². The van der Waals surface area contributed by atoms with Crippen molar-refractivity contribution in [1.82, 2.24) is 5.32 Å². The molecule has 2 saturated heterocycles. The van der Waals surface area contributed by atoms with Crippen LogP contribution in [0.25, 0.3) is 0 Å². The van der Waals surface area contributed by atoms with E-state index in [9.17, 15) is 5.11 Å². The Bertz CT molecular complexity index is 739. The van der Waals surface area contributed by atoms with Crippen LogP contribution in [0.2, 0.25) is 0 Å². The van der Waals surface area contributed by atoms with E-state index in [0.29, 0.717) is 22.9 Å². The van der Waals surface area contributed by atoms with Crippen molar-refractivity contribution in [2.75, 3.05) is 6.54 Å². The quantitative estimate of drug-likeness (QED) is 0.530. The Labute approximate surface area is 183 Å². The van der Waals surface area contributed by atoms with E-state index in [-0.39, 0.29) is 11.8 Å². The first-order valence-corrected chi connectivity index (χ1v) is 13.1. The van der Waals surface area contributed by atoms with E-state index in [4.69, 9.17) is 4.74 Å². The molecule has 3 saturated carbocycles. The number of aliphatic hydroxyl groups excluding tert-OH is 1. The van der Waals surface area contributed by atoms with Crippen LogP contribution < -0.4 is 5.32 Å². The Balaban J connectivity index is 1.28. The minimum absolute atomic E-state index is 0.0439. The lowest BCUT2D eigenvalue weighted by molar-refractivity contribution is -0.115. The van der Waals surface area contributed by atoms with Gasteiger partial charge in [-0.1, -0.05) is 39.3 Å². The fourth-order valence-electron chi connectivity index (χ4n) is 9.84. The van der Waals surface area contributed by atoms with Crippen molar-refractivity contribution in [3.63, 3.8) is 0 Å². The molecule has 11 atom stereocenters. The predicted molar refractivity (Wildman–Crippen MR) is 120 cm³/mol. The van der Waals surface area contributed by atoms with Gasteiger partial charge in [-0.25, -0.2) is 0 Å². The monoisotopic (exact) mass is 413 g/mol. The van der Waals surface area contributed by atoms with E-state index in [2.05, 4.69) is 39.1 Å². The van der Waals surface area contributed by atoms with Crippen molar-refractivity contribution in [2.24, 2.45) is 46.3 Å². The van der Waals surface area contributed by atoms with Gasteiger partial charge in [-0.3, -0.25) is 5.32 Å². The standard InChI is InChI=1S/C27H43NO2/c1-16-7-12-27(28-15-16)17(2)24-23(30-27)14-22-20-6-5-18-13-19(29)8-10-25(18,3)21(20)9-11-26(22,24)4/h5,16-17,19-24,28-29H,6-15H2,1-4H3/t16-,17+,19+,20-,21+,22+,23+,24+,25+,26-,27-/m1/s1. The van der Waals surface area contributed by atoms with Gasteiger partial charge in [0.15, 0.2) is 0 Å². The average molecular weight is 414 g/mol. The second-order valence-corrected chi connectivity index (χ2v) is 12.8. The molecule has 6 aliphatic rings. The van der Waals surface area contributed by atoms with Gasteiger partial charge < -0.3 is 9.84 Å². The summed E-state index contributed by atoms with van der Waals surface area (Å²) in [6, 6.07) is 0. The maximum Gasteiger partial charge on any atom is 0.122 e. The molecule has 0 unspecified atom stereocenters. The Hall–Kier alpha value is -0.380. The molecule has 5 fully saturated rings. The van der Waals surface area contributed by atoms with Gasteiger partial charge in [0.1, 0.15) is 5.72 Å². The number of hydrogen-bond donors (Lipinski definition) is 2. The van der Waals surface area contributed by atoms with Crippen LogP contribution in [0.4, 0.5) is 0 Å². The summed E-state index contributed by atoms with van der Waals surface area (Å²) in [5.41, 5.74) is 2.33. The van der Waals surface area contributed by atoms with Crippen molar-refractivity contribution in [3.8, 4) is 0 Å². The summed E-state index contributed by atoms with van der Waals surface area (Å²) in [7, 11) is 0. The third kappa shape index (κ3) is 2.55. The molecule has 0 amide bonds. The Morgan fingerprint density at radius 2 is 1.90 bits per heavy atom. The molecule has 168 valence electrons. The summed E-state index contributed by atoms with van der Waals surface area (Å²) in [5.74, 6) is 4.58. The van der Waals surface area contributed by atoms with Crippen molar-refractivity contribution in [1.29, 1.82) is 0 Å². The molecule has 3 nitrogen and oxygen atoms in total. The van der Waals surface area contributed by atoms with Crippen LogP contribution >= 0.6 is 0 Å². The molecule has 6 rings (SSSR count). The molecular formula is C27H43NO2. The first kappa shape index (κ1) is 20.2. The molecule has 1 spiro atoms. The highest BCUT2D eigenvalue weighted by atomic mass is 16.5. The molecule has 0 bridgehead atoms. The lowest BCUT2D eigenvalue weighted by atomic mass is 9.47. The van der Waals surface area contributed by atoms with Gasteiger partial charge in [0.25, 0.3) is 0 Å². The van der Waals surface area contributed by atoms with Gasteiger partial charge in [0.05, 0.1) is 12.2 Å². The van der Waals surface area contributed by atoms with Gasteiger partial charge in [-0.15, -0.1) is 0 Å². The highest BCUT2D eigenvalue weighted by molar-refractivity contribution is 5.26. The van der Waals surface area contributed by atoms with Gasteiger partial charge in [0, 0.05) is 12.5 Å². The molecule has 4 aliphatic carbocycles. The maximum atomic E-state index is 10.3. The highest BCUT2D eigenvalue weighted by Crippen LogP contribution is 2.70. The second kappa shape index (κ2) is 6.58. The molecule has 0 radical (unpaired) electrons. The number of ether oxygens (including phenoxy) is 1. The summed E-state index contributed by atoms with van der Waals surface area (Å²) in [4.78, 5) is 0. The van der Waals surface area contributed by atoms with Gasteiger partial charge in [-0.2, -0.15) is 0 Å². The number of hydrogen-bond acceptors (Lipinski definition) is 3. The zero-order valence-corrected chi connectivity index (χ0v) is 19.6. The zero-order chi connectivity index (χ0) is 20.9. The summed E-state index contributed by atoms with van der Waals surface area (Å²) < 4.78 is 7.00. The number of nitrogens with one attached hydrogen (secondary N) is 1. The number of piperidine rings is 1. The van der Waals surface area contributed by atoms with E-state index < -0.39 is 0 Å². The van der Waals surface area contributed by atoms with Crippen LogP contribution in [-0.2, 0) is 4.74 Å². The third-order valence-corrected chi connectivity index (χ3v) is 11.6. The van der Waals surface area contributed by atoms with Gasteiger partial charge in [-0.05, 0) is 98.2 Å². The normalized spacial score (nSPS) is 59.8. The molecule has 3 heteroatoms. The number of fused-ring (bicyclic) bond motifs is 7. The number of aliphatic hydroxyl groups is 1. The smallest absolute Gasteiger partial charge is 0.122 e. The van der Waals surface area contributed by atoms with Crippen LogP contribution in [0.5, 0.6) is 0 Å². The number of allylic oxidation sites excluding steroid dienone is 1. The van der Waals surface area contributed by atoms with Crippen molar-refractivity contribution in [2.45, 2.75) is 103 Å². The van der Waals surface area contributed by atoms with E-state index in [0.717, 1.165) is 49.0 Å². The summed E-state index contributed by atoms with van der Waals surface area (Å²) in [6.45, 7) is 11.2. The fourth-order valence-corrected chi connectivity index (χ4v) is 9.84. The maximum absolute atomic E-state index is 10.3. The van der Waals surface area contributed by atoms with Gasteiger partial charge >= 0.3 is 0 Å². The van der Waals surface area contributed by atoms with E-state index >= 15 is 0 Å². The minimum Gasteiger partial charge on any atom is -0.393 e. The van der Waals surface area contributed by atoms with E-state index in [1.165, 1.54) is 44.9 Å². The lowest BCUT2D eigenvalue weighted by Gasteiger charge is -2.58. The molecule has 2 aliphatic heterocycles. The van der Waals surface area contributed by atoms with E-state index in [1.807, 2.05) is 0 Å². The Kier molecular flexibility index (Phi) is 4.44. The van der Waals surface area contributed by atoms with Crippen molar-refractivity contribution < 1.29 is 9.84 Å². The zero-order valence-electron chi connectivity index (χ0n) is 19.6. The SMILES string of the molecule is C[C@@H]1CC[C@@]2(NC1)O[C@H]1C[C@H]3[C@@H]4CC=C5C[C@@H](O)CC[C@]5(C)[C@H]4CC[C@@]3(C)[C@H]1[C@@H]2C. The molecule has 0 aromatic carbocycles. The number of rotatable bonds is 0. The third-order valence-electron chi connectivity index (χ3n) is 11.6. The second-order valence-electron chi connectivity index (χ2n) is 12.8. The van der Waals surface area contributed by atoms with E-state index in [1.54, 1.807) is 5.57 Å². The lowest BCUT2D eigenvalue weighted by Crippen LogP contribution is -2.57. The first-order chi connectivity index (χ1) is 14.3. The fraction of sp³-hybridized carbons (Fsp3) is 0.926. The van der Waals surface area contributed by atoms with Crippen LogP contribution in [-0.4, -0.2) is 29.6 Å². The molecule has 2 N–H and O–H groups in total. The largest absolute Gasteiger partial charge is 0.393 e. The van der Waals surface area contributed by atoms with Crippen molar-refractivity contribution in [3.05, 3.63) is 11.6 Å². The van der Waals surface area contributed by atoms with Crippen LogP contribution in [0.3, 0.4) is 0 Å². The summed E-state index contributed by atoms with van der Waals surface area (Å²) >= 11 is 0. The molecule has 0 aromatic rings. The van der Waals surface area contributed by atoms with Crippen molar-refractivity contribution >= 4 is 0 Å². The van der Waals surface area contributed by atoms with Gasteiger partial charge in [0.2, 0.25) is 0 Å². The predicted octanol–water partition coefficient (Wildman–Crippen LogP) is 5.29. The Morgan fingerprint density at radius 3 is 2.67 bits per heavy atom. The van der Waals surface area contributed by atoms with Crippen LogP contribution in [0.1, 0.15) is 85.5 Å². The first-order valence-electron chi connectivity index (χ1n) is 13.1. The van der Waals surface area contributed by atoms with Crippen LogP contribution in [0, 0.1) is 46.3 Å².